The summed E-state index contributed by atoms with van der Waals surface area (Å²) in [5.74, 6) is 0. The van der Waals surface area contributed by atoms with Crippen LogP contribution in [-0.2, 0) is 9.47 Å². The van der Waals surface area contributed by atoms with Gasteiger partial charge in [-0.25, -0.2) is 0 Å². The van der Waals surface area contributed by atoms with E-state index < -0.39 is 24.4 Å². The second-order valence-corrected chi connectivity index (χ2v) is 8.88. The minimum absolute atomic E-state index is 0.0690. The Morgan fingerprint density at radius 1 is 0.800 bits per heavy atom. The van der Waals surface area contributed by atoms with Gasteiger partial charge in [0.2, 0.25) is 0 Å². The Hall–Kier alpha value is -0.460. The molecule has 0 saturated carbocycles. The predicted octanol–water partition coefficient (Wildman–Crippen LogP) is 4.91. The molecule has 1 fully saturated rings. The minimum atomic E-state index is -1.03. The third-order valence-corrected chi connectivity index (χ3v) is 6.06. The van der Waals surface area contributed by atoms with Crippen LogP contribution in [0.1, 0.15) is 103 Å². The van der Waals surface area contributed by atoms with Gasteiger partial charge in [0.15, 0.2) is 0 Å². The fraction of sp³-hybridized carbons (Fsp3) is 0.920. The lowest BCUT2D eigenvalue weighted by Gasteiger charge is -2.20. The molecule has 5 nitrogen and oxygen atoms in total. The summed E-state index contributed by atoms with van der Waals surface area (Å²) in [4.78, 5) is 0. The van der Waals surface area contributed by atoms with Crippen LogP contribution in [0.5, 0.6) is 0 Å². The van der Waals surface area contributed by atoms with E-state index in [0.29, 0.717) is 6.61 Å². The maximum Gasteiger partial charge on any atom is 0.114 e. The molecule has 1 aliphatic rings. The molecule has 30 heavy (non-hydrogen) atoms. The Kier molecular flexibility index (Phi) is 17.7. The van der Waals surface area contributed by atoms with Gasteiger partial charge in [0.05, 0.1) is 13.2 Å². The summed E-state index contributed by atoms with van der Waals surface area (Å²) in [6.07, 6.45) is 19.5. The largest absolute Gasteiger partial charge is 0.388 e. The van der Waals surface area contributed by atoms with Gasteiger partial charge in [-0.2, -0.15) is 0 Å². The zero-order valence-corrected chi connectivity index (χ0v) is 19.2. The number of ether oxygens (including phenoxy) is 2. The molecule has 0 aromatic carbocycles. The number of hydrogen-bond donors (Lipinski definition) is 3. The second-order valence-electron chi connectivity index (χ2n) is 8.88. The highest BCUT2D eigenvalue weighted by Crippen LogP contribution is 2.18. The van der Waals surface area contributed by atoms with Crippen LogP contribution in [0.2, 0.25) is 0 Å². The zero-order chi connectivity index (χ0) is 21.9. The summed E-state index contributed by atoms with van der Waals surface area (Å²) in [6, 6.07) is 0. The Morgan fingerprint density at radius 2 is 1.27 bits per heavy atom. The Balaban J connectivity index is 1.73. The molecule has 0 unspecified atom stereocenters. The molecule has 1 saturated heterocycles. The van der Waals surface area contributed by atoms with E-state index in [1.807, 2.05) is 6.08 Å². The molecule has 1 heterocycles. The smallest absolute Gasteiger partial charge is 0.114 e. The lowest BCUT2D eigenvalue weighted by atomic mass is 10.0. The molecule has 5 heteroatoms. The van der Waals surface area contributed by atoms with Crippen molar-refractivity contribution in [3.63, 3.8) is 0 Å². The van der Waals surface area contributed by atoms with Gasteiger partial charge >= 0.3 is 0 Å². The van der Waals surface area contributed by atoms with Crippen LogP contribution in [0.15, 0.2) is 12.7 Å². The van der Waals surface area contributed by atoms with Crippen LogP contribution in [0.4, 0.5) is 0 Å². The van der Waals surface area contributed by atoms with Crippen molar-refractivity contribution in [1.29, 1.82) is 0 Å². The molecule has 0 aliphatic carbocycles. The lowest BCUT2D eigenvalue weighted by Crippen LogP contribution is -2.40. The van der Waals surface area contributed by atoms with Crippen molar-refractivity contribution >= 4 is 0 Å². The maximum absolute atomic E-state index is 9.96. The van der Waals surface area contributed by atoms with Crippen LogP contribution in [-0.4, -0.2) is 59.6 Å². The summed E-state index contributed by atoms with van der Waals surface area (Å²) in [5.41, 5.74) is 0. The van der Waals surface area contributed by atoms with Crippen molar-refractivity contribution in [2.24, 2.45) is 0 Å². The molecule has 4 atom stereocenters. The number of hydrogen-bond acceptors (Lipinski definition) is 5. The summed E-state index contributed by atoms with van der Waals surface area (Å²) < 4.78 is 10.7. The van der Waals surface area contributed by atoms with E-state index in [0.717, 1.165) is 12.8 Å². The van der Waals surface area contributed by atoms with E-state index in [-0.39, 0.29) is 13.2 Å². The van der Waals surface area contributed by atoms with Gasteiger partial charge in [-0.1, -0.05) is 89.5 Å². The molecule has 178 valence electrons. The van der Waals surface area contributed by atoms with Crippen LogP contribution < -0.4 is 0 Å². The maximum atomic E-state index is 9.96. The molecular weight excluding hydrogens is 380 g/mol. The first-order chi connectivity index (χ1) is 14.7. The number of aliphatic hydroxyl groups is 3. The van der Waals surface area contributed by atoms with Gasteiger partial charge in [0.1, 0.15) is 24.4 Å². The van der Waals surface area contributed by atoms with Crippen molar-refractivity contribution in [1.82, 2.24) is 0 Å². The van der Waals surface area contributed by atoms with Crippen LogP contribution in [0, 0.1) is 0 Å². The molecular formula is C25H48O5. The van der Waals surface area contributed by atoms with Crippen LogP contribution >= 0.6 is 0 Å². The molecule has 3 N–H and O–H groups in total. The van der Waals surface area contributed by atoms with E-state index in [4.69, 9.17) is 9.47 Å². The topological polar surface area (TPSA) is 79.2 Å². The van der Waals surface area contributed by atoms with Gasteiger partial charge in [0.25, 0.3) is 0 Å². The van der Waals surface area contributed by atoms with Crippen LogP contribution in [0.25, 0.3) is 0 Å². The molecule has 0 bridgehead atoms. The van der Waals surface area contributed by atoms with Gasteiger partial charge in [-0.05, 0) is 19.3 Å². The van der Waals surface area contributed by atoms with E-state index in [1.54, 1.807) is 0 Å². The van der Waals surface area contributed by atoms with E-state index in [9.17, 15) is 15.3 Å². The molecule has 1 aliphatic heterocycles. The second kappa shape index (κ2) is 19.2. The standard InChI is InChI=1S/C25H48O5/c1-2-3-4-5-6-7-8-9-10-11-12-13-14-15-16-17-18-19-29-20-23(27)25-24(28)22(26)21-30-25/h2,22-28H,1,3-21H2/t22-,23+,24-,25-/m1/s1. The number of aliphatic hydroxyl groups excluding tert-OH is 3. The van der Waals surface area contributed by atoms with Crippen molar-refractivity contribution < 1.29 is 24.8 Å². The average Bonchev–Trinajstić information content (AvgIpc) is 3.08. The molecule has 0 aromatic rings. The highest BCUT2D eigenvalue weighted by atomic mass is 16.5. The van der Waals surface area contributed by atoms with E-state index in [2.05, 4.69) is 6.58 Å². The first-order valence-electron chi connectivity index (χ1n) is 12.5. The number of unbranched alkanes of at least 4 members (excludes halogenated alkanes) is 15. The van der Waals surface area contributed by atoms with Crippen molar-refractivity contribution in [2.75, 3.05) is 19.8 Å². The summed E-state index contributed by atoms with van der Waals surface area (Å²) in [5, 5.41) is 29.1. The quantitative estimate of drug-likeness (QED) is 0.179. The minimum Gasteiger partial charge on any atom is -0.388 e. The molecule has 0 spiro atoms. The van der Waals surface area contributed by atoms with Crippen molar-refractivity contribution in [3.8, 4) is 0 Å². The molecule has 0 radical (unpaired) electrons. The normalized spacial score (nSPS) is 22.4. The van der Waals surface area contributed by atoms with Crippen molar-refractivity contribution in [2.45, 2.75) is 127 Å². The predicted molar refractivity (Wildman–Crippen MR) is 123 cm³/mol. The summed E-state index contributed by atoms with van der Waals surface area (Å²) in [7, 11) is 0. The zero-order valence-electron chi connectivity index (χ0n) is 19.2. The van der Waals surface area contributed by atoms with Crippen LogP contribution in [0.3, 0.4) is 0 Å². The van der Waals surface area contributed by atoms with E-state index >= 15 is 0 Å². The van der Waals surface area contributed by atoms with E-state index in [1.165, 1.54) is 89.9 Å². The lowest BCUT2D eigenvalue weighted by molar-refractivity contribution is -0.0813. The SMILES string of the molecule is C=CCCCCCCCCCCCCCCCCCOC[C@H](O)[C@H]1OC[C@@H](O)[C@H]1O. The van der Waals surface area contributed by atoms with Gasteiger partial charge in [0, 0.05) is 6.61 Å². The first-order valence-corrected chi connectivity index (χ1v) is 12.5. The fourth-order valence-corrected chi connectivity index (χ4v) is 4.05. The highest BCUT2D eigenvalue weighted by Gasteiger charge is 2.39. The third kappa shape index (κ3) is 13.8. The summed E-state index contributed by atoms with van der Waals surface area (Å²) in [6.45, 7) is 4.60. The monoisotopic (exact) mass is 428 g/mol. The number of allylic oxidation sites excluding steroid dienone is 1. The fourth-order valence-electron chi connectivity index (χ4n) is 4.05. The molecule has 1 rings (SSSR count). The average molecular weight is 429 g/mol. The Morgan fingerprint density at radius 3 is 1.70 bits per heavy atom. The highest BCUT2D eigenvalue weighted by molar-refractivity contribution is 4.87. The van der Waals surface area contributed by atoms with Gasteiger partial charge in [-0.15, -0.1) is 6.58 Å². The van der Waals surface area contributed by atoms with Gasteiger partial charge < -0.3 is 24.8 Å². The Bertz CT molecular complexity index is 390. The Labute approximate surface area is 184 Å². The first kappa shape index (κ1) is 27.6. The summed E-state index contributed by atoms with van der Waals surface area (Å²) >= 11 is 0. The molecule has 0 aromatic heterocycles. The third-order valence-electron chi connectivity index (χ3n) is 6.06. The van der Waals surface area contributed by atoms with Gasteiger partial charge in [-0.3, -0.25) is 0 Å². The number of rotatable bonds is 21. The van der Waals surface area contributed by atoms with Crippen molar-refractivity contribution in [3.05, 3.63) is 12.7 Å². The molecule has 0 amide bonds.